The third kappa shape index (κ3) is 4.86. The monoisotopic (exact) mass is 257 g/mol. The van der Waals surface area contributed by atoms with Gasteiger partial charge in [0.2, 0.25) is 11.2 Å². The van der Waals surface area contributed by atoms with Gasteiger partial charge in [-0.2, -0.15) is 4.98 Å². The number of rotatable bonds is 3. The Bertz CT molecular complexity index is 416. The van der Waals surface area contributed by atoms with Gasteiger partial charge in [0.15, 0.2) is 5.82 Å². The summed E-state index contributed by atoms with van der Waals surface area (Å²) in [6.07, 6.45) is 1.39. The second-order valence-corrected chi connectivity index (χ2v) is 4.93. The van der Waals surface area contributed by atoms with E-state index in [0.717, 1.165) is 0 Å². The first-order chi connectivity index (χ1) is 7.78. The van der Waals surface area contributed by atoms with Crippen LogP contribution >= 0.6 is 11.6 Å². The Hall–Kier alpha value is -1.56. The quantitative estimate of drug-likeness (QED) is 0.704. The molecule has 0 aromatic carbocycles. The number of carbonyl (C=O) groups is 1. The van der Waals surface area contributed by atoms with Crippen molar-refractivity contribution in [1.29, 1.82) is 0 Å². The Morgan fingerprint density at radius 1 is 1.53 bits per heavy atom. The number of nitrogen functional groups attached to an aromatic ring is 1. The Morgan fingerprint density at radius 3 is 2.76 bits per heavy atom. The summed E-state index contributed by atoms with van der Waals surface area (Å²) in [7, 11) is 0. The number of nitrogens with one attached hydrogen (secondary N) is 2. The van der Waals surface area contributed by atoms with E-state index in [0.29, 0.717) is 11.5 Å². The third-order valence-corrected chi connectivity index (χ3v) is 1.90. The maximum absolute atomic E-state index is 11.5. The highest BCUT2D eigenvalue weighted by Gasteiger charge is 2.13. The molecule has 0 saturated heterocycles. The molecule has 0 atom stereocenters. The predicted molar refractivity (Wildman–Crippen MR) is 67.8 cm³/mol. The van der Waals surface area contributed by atoms with Crippen molar-refractivity contribution in [2.24, 2.45) is 0 Å². The van der Waals surface area contributed by atoms with Gasteiger partial charge in [0, 0.05) is 5.54 Å². The van der Waals surface area contributed by atoms with Crippen LogP contribution in [0.3, 0.4) is 0 Å². The number of carbonyl (C=O) groups excluding carboxylic acids is 1. The zero-order chi connectivity index (χ0) is 13.1. The van der Waals surface area contributed by atoms with Gasteiger partial charge >= 0.3 is 0 Å². The first-order valence-corrected chi connectivity index (χ1v) is 5.48. The van der Waals surface area contributed by atoms with E-state index in [1.54, 1.807) is 0 Å². The van der Waals surface area contributed by atoms with Gasteiger partial charge in [0.1, 0.15) is 0 Å². The third-order valence-electron chi connectivity index (χ3n) is 1.72. The Kier molecular flexibility index (Phi) is 4.11. The van der Waals surface area contributed by atoms with E-state index in [9.17, 15) is 4.79 Å². The van der Waals surface area contributed by atoms with Crippen molar-refractivity contribution in [2.45, 2.75) is 26.3 Å². The first-order valence-electron chi connectivity index (χ1n) is 5.11. The van der Waals surface area contributed by atoms with Crippen LogP contribution in [0, 0.1) is 0 Å². The summed E-state index contributed by atoms with van der Waals surface area (Å²) >= 11 is 5.62. The molecule has 94 valence electrons. The number of anilines is 2. The van der Waals surface area contributed by atoms with Gasteiger partial charge in [-0.15, -0.1) is 0 Å². The maximum atomic E-state index is 11.5. The molecule has 0 saturated carbocycles. The minimum Gasteiger partial charge on any atom is -0.394 e. The zero-order valence-electron chi connectivity index (χ0n) is 10.0. The molecule has 1 amide bonds. The molecule has 1 rings (SSSR count). The summed E-state index contributed by atoms with van der Waals surface area (Å²) in [5.74, 6) is 0.209. The van der Waals surface area contributed by atoms with Crippen LogP contribution in [0.4, 0.5) is 11.5 Å². The molecule has 0 fully saturated rings. The molecule has 1 aromatic heterocycles. The number of nitrogens with zero attached hydrogens (tertiary/aromatic N) is 2. The molecule has 0 unspecified atom stereocenters. The lowest BCUT2D eigenvalue weighted by Crippen LogP contribution is -2.43. The maximum Gasteiger partial charge on any atom is 0.239 e. The Morgan fingerprint density at radius 2 is 2.18 bits per heavy atom. The van der Waals surface area contributed by atoms with Gasteiger partial charge < -0.3 is 16.4 Å². The molecule has 1 aromatic rings. The molecule has 6 nitrogen and oxygen atoms in total. The molecule has 17 heavy (non-hydrogen) atoms. The van der Waals surface area contributed by atoms with Crippen LogP contribution < -0.4 is 16.4 Å². The minimum atomic E-state index is -0.270. The summed E-state index contributed by atoms with van der Waals surface area (Å²) in [6.45, 7) is 5.79. The molecule has 1 heterocycles. The fourth-order valence-electron chi connectivity index (χ4n) is 1.14. The van der Waals surface area contributed by atoms with Gasteiger partial charge in [-0.25, -0.2) is 4.98 Å². The predicted octanol–water partition coefficient (Wildman–Crippen LogP) is 1.04. The molecule has 0 spiro atoms. The molecule has 0 aliphatic heterocycles. The van der Waals surface area contributed by atoms with Gasteiger partial charge in [-0.1, -0.05) is 0 Å². The summed E-state index contributed by atoms with van der Waals surface area (Å²) in [4.78, 5) is 19.1. The number of hydrogen-bond donors (Lipinski definition) is 3. The molecule has 0 radical (unpaired) electrons. The van der Waals surface area contributed by atoms with Crippen LogP contribution in [0.1, 0.15) is 20.8 Å². The molecule has 7 heteroatoms. The lowest BCUT2D eigenvalue weighted by Gasteiger charge is -2.20. The second-order valence-electron chi connectivity index (χ2n) is 4.59. The average Bonchev–Trinajstić information content (AvgIpc) is 2.17. The number of nitrogens with two attached hydrogens (primary N) is 1. The van der Waals surface area contributed by atoms with Gasteiger partial charge in [0.25, 0.3) is 0 Å². The minimum absolute atomic E-state index is 0.0782. The number of aromatic nitrogens is 2. The van der Waals surface area contributed by atoms with Crippen molar-refractivity contribution in [2.75, 3.05) is 17.6 Å². The van der Waals surface area contributed by atoms with E-state index in [1.807, 2.05) is 20.8 Å². The molecular weight excluding hydrogens is 242 g/mol. The molecule has 0 aliphatic rings. The van der Waals surface area contributed by atoms with Crippen LogP contribution in [0.5, 0.6) is 0 Å². The van der Waals surface area contributed by atoms with E-state index in [4.69, 9.17) is 17.3 Å². The van der Waals surface area contributed by atoms with E-state index in [-0.39, 0.29) is 23.3 Å². The van der Waals surface area contributed by atoms with Gasteiger partial charge in [-0.3, -0.25) is 4.79 Å². The first kappa shape index (κ1) is 13.5. The van der Waals surface area contributed by atoms with E-state index in [2.05, 4.69) is 20.6 Å². The van der Waals surface area contributed by atoms with Crippen molar-refractivity contribution >= 4 is 29.0 Å². The van der Waals surface area contributed by atoms with Crippen molar-refractivity contribution in [3.63, 3.8) is 0 Å². The number of amides is 1. The zero-order valence-corrected chi connectivity index (χ0v) is 10.8. The largest absolute Gasteiger partial charge is 0.394 e. The fourth-order valence-corrected chi connectivity index (χ4v) is 1.27. The summed E-state index contributed by atoms with van der Waals surface area (Å²) in [5, 5.41) is 5.69. The highest BCUT2D eigenvalue weighted by atomic mass is 35.5. The van der Waals surface area contributed by atoms with Gasteiger partial charge in [0.05, 0.1) is 18.4 Å². The SMILES string of the molecule is CC(C)(C)NC(=O)CNc1nc(Cl)ncc1N. The van der Waals surface area contributed by atoms with Crippen LogP contribution in [-0.4, -0.2) is 28.0 Å². The normalized spacial score (nSPS) is 11.1. The van der Waals surface area contributed by atoms with E-state index < -0.39 is 0 Å². The molecule has 0 bridgehead atoms. The Labute approximate surface area is 105 Å². The molecule has 0 aliphatic carbocycles. The highest BCUT2D eigenvalue weighted by molar-refractivity contribution is 6.28. The summed E-state index contributed by atoms with van der Waals surface area (Å²) < 4.78 is 0. The van der Waals surface area contributed by atoms with E-state index >= 15 is 0 Å². The fraction of sp³-hybridized carbons (Fsp3) is 0.500. The summed E-state index contributed by atoms with van der Waals surface area (Å²) in [6, 6.07) is 0. The van der Waals surface area contributed by atoms with Crippen molar-refractivity contribution < 1.29 is 4.79 Å². The van der Waals surface area contributed by atoms with E-state index in [1.165, 1.54) is 6.20 Å². The lowest BCUT2D eigenvalue weighted by molar-refractivity contribution is -0.120. The Balaban J connectivity index is 2.56. The van der Waals surface area contributed by atoms with Crippen LogP contribution in [0.15, 0.2) is 6.20 Å². The lowest BCUT2D eigenvalue weighted by atomic mass is 10.1. The average molecular weight is 258 g/mol. The molecule has 4 N–H and O–H groups in total. The second kappa shape index (κ2) is 5.18. The van der Waals surface area contributed by atoms with Crippen molar-refractivity contribution in [3.8, 4) is 0 Å². The van der Waals surface area contributed by atoms with Crippen LogP contribution in [0.25, 0.3) is 0 Å². The highest BCUT2D eigenvalue weighted by Crippen LogP contribution is 2.15. The van der Waals surface area contributed by atoms with Crippen molar-refractivity contribution in [3.05, 3.63) is 11.5 Å². The molecular formula is C10H16ClN5O. The standard InChI is InChI=1S/C10H16ClN5O/c1-10(2,3)16-7(17)5-13-8-6(12)4-14-9(11)15-8/h4H,5,12H2,1-3H3,(H,16,17)(H,13,14,15). The van der Waals surface area contributed by atoms with Crippen LogP contribution in [-0.2, 0) is 4.79 Å². The van der Waals surface area contributed by atoms with Crippen molar-refractivity contribution in [1.82, 2.24) is 15.3 Å². The van der Waals surface area contributed by atoms with Gasteiger partial charge in [-0.05, 0) is 32.4 Å². The topological polar surface area (TPSA) is 92.9 Å². The smallest absolute Gasteiger partial charge is 0.239 e. The summed E-state index contributed by atoms with van der Waals surface area (Å²) in [5.41, 5.74) is 5.70. The number of halogens is 1. The van der Waals surface area contributed by atoms with Crippen LogP contribution in [0.2, 0.25) is 5.28 Å². The number of hydrogen-bond acceptors (Lipinski definition) is 5.